The summed E-state index contributed by atoms with van der Waals surface area (Å²) in [7, 11) is 0. The van der Waals surface area contributed by atoms with Crippen LogP contribution in [0.3, 0.4) is 0 Å². The van der Waals surface area contributed by atoms with Gasteiger partial charge in [-0.3, -0.25) is 0 Å². The zero-order valence-electron chi connectivity index (χ0n) is 11.9. The fourth-order valence-electron chi connectivity index (χ4n) is 1.76. The van der Waals surface area contributed by atoms with Gasteiger partial charge in [0.05, 0.1) is 13.2 Å². The molecule has 0 saturated heterocycles. The second-order valence-electron chi connectivity index (χ2n) is 4.68. The van der Waals surface area contributed by atoms with Crippen LogP contribution >= 0.6 is 0 Å². The Hall–Kier alpha value is -1.06. The van der Waals surface area contributed by atoms with Gasteiger partial charge in [0.15, 0.2) is 0 Å². The lowest BCUT2D eigenvalue weighted by Crippen LogP contribution is -1.97. The molecule has 19 heavy (non-hydrogen) atoms. The lowest BCUT2D eigenvalue weighted by molar-refractivity contribution is 0.116. The lowest BCUT2D eigenvalue weighted by atomic mass is 10.2. The fraction of sp³-hybridized carbons (Fsp3) is 0.625. The van der Waals surface area contributed by atoms with E-state index < -0.39 is 0 Å². The third-order valence-electron chi connectivity index (χ3n) is 2.86. The van der Waals surface area contributed by atoms with Gasteiger partial charge in [-0.2, -0.15) is 0 Å². The van der Waals surface area contributed by atoms with E-state index in [0.717, 1.165) is 51.1 Å². The number of ether oxygens (including phenoxy) is 2. The molecule has 0 aromatic heterocycles. The molecular weight excluding hydrogens is 240 g/mol. The smallest absolute Gasteiger partial charge is 0.119 e. The largest absolute Gasteiger partial charge is 0.494 e. The van der Waals surface area contributed by atoms with E-state index in [2.05, 4.69) is 19.1 Å². The van der Waals surface area contributed by atoms with Crippen LogP contribution in [0.1, 0.15) is 44.6 Å². The summed E-state index contributed by atoms with van der Waals surface area (Å²) in [6.07, 6.45) is 5.21. The molecule has 0 heterocycles. The number of hydrogen-bond acceptors (Lipinski definition) is 3. The van der Waals surface area contributed by atoms with Crippen molar-refractivity contribution in [3.8, 4) is 5.75 Å². The second kappa shape index (κ2) is 10.8. The Morgan fingerprint density at radius 1 is 0.947 bits per heavy atom. The van der Waals surface area contributed by atoms with Crippen LogP contribution in [0.5, 0.6) is 5.75 Å². The van der Waals surface area contributed by atoms with Gasteiger partial charge >= 0.3 is 0 Å². The normalized spacial score (nSPS) is 10.6. The third-order valence-corrected chi connectivity index (χ3v) is 2.86. The fourth-order valence-corrected chi connectivity index (χ4v) is 1.76. The molecule has 0 fully saturated rings. The Morgan fingerprint density at radius 3 is 2.37 bits per heavy atom. The van der Waals surface area contributed by atoms with E-state index in [9.17, 15) is 0 Å². The molecule has 0 unspecified atom stereocenters. The number of aliphatic hydroxyl groups is 1. The van der Waals surface area contributed by atoms with E-state index in [-0.39, 0.29) is 0 Å². The molecule has 108 valence electrons. The Morgan fingerprint density at radius 2 is 1.68 bits per heavy atom. The summed E-state index contributed by atoms with van der Waals surface area (Å²) in [5, 5.41) is 8.65. The van der Waals surface area contributed by atoms with E-state index >= 15 is 0 Å². The number of hydrogen-bond donors (Lipinski definition) is 1. The highest BCUT2D eigenvalue weighted by atomic mass is 16.5. The first-order valence-electron chi connectivity index (χ1n) is 7.27. The molecule has 1 rings (SSSR count). The van der Waals surface area contributed by atoms with E-state index in [1.807, 2.05) is 12.1 Å². The highest BCUT2D eigenvalue weighted by Gasteiger charge is 1.96. The molecule has 0 saturated carbocycles. The molecular formula is C16H26O3. The van der Waals surface area contributed by atoms with Crippen LogP contribution in [-0.2, 0) is 11.3 Å². The lowest BCUT2D eigenvalue weighted by Gasteiger charge is -2.07. The summed E-state index contributed by atoms with van der Waals surface area (Å²) in [6, 6.07) is 8.10. The third kappa shape index (κ3) is 7.85. The Kier molecular flexibility index (Phi) is 9.11. The average Bonchev–Trinajstić information content (AvgIpc) is 2.45. The second-order valence-corrected chi connectivity index (χ2v) is 4.68. The van der Waals surface area contributed by atoms with Crippen molar-refractivity contribution in [1.29, 1.82) is 0 Å². The predicted octanol–water partition coefficient (Wildman–Crippen LogP) is 3.54. The van der Waals surface area contributed by atoms with Gasteiger partial charge in [0, 0.05) is 13.2 Å². The maximum absolute atomic E-state index is 8.65. The maximum Gasteiger partial charge on any atom is 0.119 e. The van der Waals surface area contributed by atoms with Gasteiger partial charge in [0.25, 0.3) is 0 Å². The van der Waals surface area contributed by atoms with Crippen molar-refractivity contribution in [2.24, 2.45) is 0 Å². The van der Waals surface area contributed by atoms with Crippen LogP contribution < -0.4 is 4.74 Å². The van der Waals surface area contributed by atoms with Gasteiger partial charge in [0.2, 0.25) is 0 Å². The molecule has 0 radical (unpaired) electrons. The standard InChI is InChI=1S/C16H26O3/c1-2-12-19-16-9-7-15(8-10-16)14-18-13-6-4-3-5-11-17/h7-10,17H,2-6,11-14H2,1H3. The van der Waals surface area contributed by atoms with E-state index in [4.69, 9.17) is 14.6 Å². The highest BCUT2D eigenvalue weighted by Crippen LogP contribution is 2.13. The molecule has 1 aromatic carbocycles. The van der Waals surface area contributed by atoms with Gasteiger partial charge in [-0.05, 0) is 37.0 Å². The number of rotatable bonds is 11. The van der Waals surface area contributed by atoms with Crippen LogP contribution in [0.25, 0.3) is 0 Å². The summed E-state index contributed by atoms with van der Waals surface area (Å²) in [5.41, 5.74) is 1.18. The number of benzene rings is 1. The molecule has 0 amide bonds. The molecule has 1 aromatic rings. The van der Waals surface area contributed by atoms with E-state index in [1.165, 1.54) is 5.56 Å². The molecule has 0 atom stereocenters. The van der Waals surface area contributed by atoms with Crippen molar-refractivity contribution in [2.75, 3.05) is 19.8 Å². The molecule has 3 nitrogen and oxygen atoms in total. The summed E-state index contributed by atoms with van der Waals surface area (Å²) < 4.78 is 11.1. The first-order chi connectivity index (χ1) is 9.36. The highest BCUT2D eigenvalue weighted by molar-refractivity contribution is 5.26. The Balaban J connectivity index is 2.09. The summed E-state index contributed by atoms with van der Waals surface area (Å²) in [6.45, 7) is 4.62. The van der Waals surface area contributed by atoms with Gasteiger partial charge < -0.3 is 14.6 Å². The summed E-state index contributed by atoms with van der Waals surface area (Å²) >= 11 is 0. The van der Waals surface area contributed by atoms with Gasteiger partial charge in [-0.25, -0.2) is 0 Å². The van der Waals surface area contributed by atoms with Crippen molar-refractivity contribution in [1.82, 2.24) is 0 Å². The van der Waals surface area contributed by atoms with Crippen molar-refractivity contribution in [3.05, 3.63) is 29.8 Å². The van der Waals surface area contributed by atoms with Crippen molar-refractivity contribution < 1.29 is 14.6 Å². The van der Waals surface area contributed by atoms with Crippen molar-refractivity contribution in [3.63, 3.8) is 0 Å². The zero-order valence-corrected chi connectivity index (χ0v) is 11.9. The Bertz CT molecular complexity index is 308. The van der Waals surface area contributed by atoms with Crippen LogP contribution in [0.4, 0.5) is 0 Å². The minimum absolute atomic E-state index is 0.299. The molecule has 3 heteroatoms. The van der Waals surface area contributed by atoms with Gasteiger partial charge in [-0.1, -0.05) is 31.9 Å². The molecule has 0 bridgehead atoms. The topological polar surface area (TPSA) is 38.7 Å². The maximum atomic E-state index is 8.65. The SMILES string of the molecule is CCCOc1ccc(COCCCCCCO)cc1. The van der Waals surface area contributed by atoms with Crippen LogP contribution in [0.2, 0.25) is 0 Å². The van der Waals surface area contributed by atoms with Crippen LogP contribution in [0.15, 0.2) is 24.3 Å². The van der Waals surface area contributed by atoms with Crippen molar-refractivity contribution in [2.45, 2.75) is 45.6 Å². The van der Waals surface area contributed by atoms with Crippen LogP contribution in [-0.4, -0.2) is 24.9 Å². The molecule has 1 N–H and O–H groups in total. The molecule has 0 aliphatic heterocycles. The minimum atomic E-state index is 0.299. The minimum Gasteiger partial charge on any atom is -0.494 e. The van der Waals surface area contributed by atoms with Crippen molar-refractivity contribution >= 4 is 0 Å². The van der Waals surface area contributed by atoms with Gasteiger partial charge in [0.1, 0.15) is 5.75 Å². The van der Waals surface area contributed by atoms with Gasteiger partial charge in [-0.15, -0.1) is 0 Å². The van der Waals surface area contributed by atoms with E-state index in [1.54, 1.807) is 0 Å². The van der Waals surface area contributed by atoms with E-state index in [0.29, 0.717) is 13.2 Å². The number of aliphatic hydroxyl groups excluding tert-OH is 1. The monoisotopic (exact) mass is 266 g/mol. The summed E-state index contributed by atoms with van der Waals surface area (Å²) in [4.78, 5) is 0. The number of unbranched alkanes of at least 4 members (excludes halogenated alkanes) is 3. The first kappa shape index (κ1) is 16.0. The Labute approximate surface area is 116 Å². The average molecular weight is 266 g/mol. The molecule has 0 aliphatic rings. The molecule has 0 aliphatic carbocycles. The summed E-state index contributed by atoms with van der Waals surface area (Å²) in [5.74, 6) is 0.926. The molecule has 0 spiro atoms. The van der Waals surface area contributed by atoms with Crippen LogP contribution in [0, 0.1) is 0 Å². The quantitative estimate of drug-likeness (QED) is 0.623. The predicted molar refractivity (Wildman–Crippen MR) is 77.4 cm³/mol. The zero-order chi connectivity index (χ0) is 13.8. The first-order valence-corrected chi connectivity index (χ1v) is 7.27.